The van der Waals surface area contributed by atoms with Crippen LogP contribution in [-0.4, -0.2) is 35.2 Å². The van der Waals surface area contributed by atoms with Crippen LogP contribution in [0.4, 0.5) is 0 Å². The maximum Gasteiger partial charge on any atom is 0.0940 e. The van der Waals surface area contributed by atoms with E-state index >= 15 is 0 Å². The fourth-order valence-electron chi connectivity index (χ4n) is 1.12. The van der Waals surface area contributed by atoms with Gasteiger partial charge in [-0.25, -0.2) is 4.98 Å². The van der Waals surface area contributed by atoms with E-state index < -0.39 is 0 Å². The summed E-state index contributed by atoms with van der Waals surface area (Å²) in [6.07, 6.45) is 1.76. The number of aliphatic hydroxyl groups excluding tert-OH is 1. The van der Waals surface area contributed by atoms with Crippen LogP contribution in [0.5, 0.6) is 0 Å². The van der Waals surface area contributed by atoms with E-state index in [9.17, 15) is 0 Å². The van der Waals surface area contributed by atoms with Crippen LogP contribution in [0, 0.1) is 0 Å². The summed E-state index contributed by atoms with van der Waals surface area (Å²) in [5.74, 6) is 0. The monoisotopic (exact) mass is 230 g/mol. The highest BCUT2D eigenvalue weighted by Gasteiger charge is 2.04. The third-order valence-electron chi connectivity index (χ3n) is 1.87. The lowest BCUT2D eigenvalue weighted by Gasteiger charge is -2.15. The molecule has 5 heteroatoms. The molecule has 1 rings (SSSR count). The molecule has 0 radical (unpaired) electrons. The van der Waals surface area contributed by atoms with Gasteiger partial charge in [-0.3, -0.25) is 4.90 Å². The average molecular weight is 230 g/mol. The minimum atomic E-state index is 0.163. The minimum absolute atomic E-state index is 0.163. The van der Waals surface area contributed by atoms with Crippen LogP contribution in [0.1, 0.15) is 5.56 Å². The van der Waals surface area contributed by atoms with Gasteiger partial charge < -0.3 is 5.11 Å². The van der Waals surface area contributed by atoms with Crippen molar-refractivity contribution in [2.24, 2.45) is 0 Å². The minimum Gasteiger partial charge on any atom is -0.395 e. The van der Waals surface area contributed by atoms with Gasteiger partial charge in [-0.2, -0.15) is 0 Å². The van der Waals surface area contributed by atoms with E-state index in [1.807, 2.05) is 18.0 Å². The van der Waals surface area contributed by atoms with E-state index in [1.165, 1.54) is 0 Å². The molecule has 78 valence electrons. The second-order valence-electron chi connectivity index (χ2n) is 3.13. The maximum absolute atomic E-state index is 8.74. The van der Waals surface area contributed by atoms with E-state index in [1.54, 1.807) is 6.20 Å². The van der Waals surface area contributed by atoms with Crippen molar-refractivity contribution in [3.63, 3.8) is 0 Å². The molecular weight excluding hydrogens is 216 g/mol. The molecule has 0 saturated heterocycles. The Morgan fingerprint density at radius 1 is 1.50 bits per heavy atom. The summed E-state index contributed by atoms with van der Waals surface area (Å²) in [5, 5.41) is 9.41. The second kappa shape index (κ2) is 5.60. The Balaban J connectivity index is 2.67. The Labute approximate surface area is 95.0 Å². The quantitative estimate of drug-likeness (QED) is 0.678. The summed E-state index contributed by atoms with van der Waals surface area (Å²) in [6, 6.07) is 1.81. The van der Waals surface area contributed by atoms with Crippen LogP contribution >= 0.6 is 25.3 Å². The van der Waals surface area contributed by atoms with Crippen molar-refractivity contribution < 1.29 is 5.11 Å². The number of hydrogen-bond acceptors (Lipinski definition) is 5. The number of rotatable bonds is 4. The fraction of sp³-hybridized carbons (Fsp3) is 0.444. The standard InChI is InChI=1S/C9H14N2OS2/c1-11(2-3-12)6-7-5-10-9(14)4-8(7)13/h4-5,12H,2-3,6H2,1H3,(H2,10,13,14). The average Bonchev–Trinajstić information content (AvgIpc) is 2.10. The SMILES string of the molecule is CN(CCO)Cc1cnc(S)cc1S. The summed E-state index contributed by atoms with van der Waals surface area (Å²) >= 11 is 8.45. The number of aromatic nitrogens is 1. The Bertz CT molecular complexity index is 307. The Kier molecular flexibility index (Phi) is 4.74. The first kappa shape index (κ1) is 11.8. The van der Waals surface area contributed by atoms with Gasteiger partial charge in [-0.15, -0.1) is 25.3 Å². The number of pyridine rings is 1. The van der Waals surface area contributed by atoms with Gasteiger partial charge in [0.1, 0.15) is 0 Å². The van der Waals surface area contributed by atoms with Crippen LogP contribution in [0.2, 0.25) is 0 Å². The van der Waals surface area contributed by atoms with Crippen molar-refractivity contribution in [2.45, 2.75) is 16.5 Å². The molecule has 14 heavy (non-hydrogen) atoms. The van der Waals surface area contributed by atoms with Gasteiger partial charge in [-0.1, -0.05) is 0 Å². The molecule has 0 aliphatic carbocycles. The van der Waals surface area contributed by atoms with Crippen LogP contribution in [0.25, 0.3) is 0 Å². The molecular formula is C9H14N2OS2. The summed E-state index contributed by atoms with van der Waals surface area (Å²) in [6.45, 7) is 1.55. The maximum atomic E-state index is 8.74. The van der Waals surface area contributed by atoms with Crippen molar-refractivity contribution in [1.29, 1.82) is 0 Å². The molecule has 0 aliphatic rings. The first-order valence-electron chi connectivity index (χ1n) is 4.29. The molecule has 1 heterocycles. The molecule has 0 bridgehead atoms. The Morgan fingerprint density at radius 2 is 2.21 bits per heavy atom. The number of nitrogens with zero attached hydrogens (tertiary/aromatic N) is 2. The van der Waals surface area contributed by atoms with Gasteiger partial charge in [0.25, 0.3) is 0 Å². The molecule has 0 unspecified atom stereocenters. The van der Waals surface area contributed by atoms with Crippen LogP contribution in [-0.2, 0) is 6.54 Å². The Morgan fingerprint density at radius 3 is 2.79 bits per heavy atom. The summed E-state index contributed by atoms with van der Waals surface area (Å²) in [7, 11) is 1.94. The van der Waals surface area contributed by atoms with Gasteiger partial charge in [-0.05, 0) is 18.7 Å². The van der Waals surface area contributed by atoms with Gasteiger partial charge in [0.05, 0.1) is 11.6 Å². The number of thiol groups is 2. The molecule has 0 atom stereocenters. The number of likely N-dealkylation sites (N-methyl/N-ethyl adjacent to an activating group) is 1. The van der Waals surface area contributed by atoms with Crippen molar-refractivity contribution in [3.05, 3.63) is 17.8 Å². The number of aliphatic hydroxyl groups is 1. The van der Waals surface area contributed by atoms with Crippen LogP contribution in [0.3, 0.4) is 0 Å². The van der Waals surface area contributed by atoms with Gasteiger partial charge in [0.15, 0.2) is 0 Å². The first-order chi connectivity index (χ1) is 6.63. The molecule has 1 aromatic rings. The smallest absolute Gasteiger partial charge is 0.0940 e. The highest BCUT2D eigenvalue weighted by molar-refractivity contribution is 7.81. The van der Waals surface area contributed by atoms with E-state index in [-0.39, 0.29) is 6.61 Å². The predicted octanol–water partition coefficient (Wildman–Crippen LogP) is 1.08. The zero-order valence-electron chi connectivity index (χ0n) is 8.01. The molecule has 1 N–H and O–H groups in total. The second-order valence-corrected chi connectivity index (χ2v) is 4.07. The van der Waals surface area contributed by atoms with Crippen LogP contribution < -0.4 is 0 Å². The molecule has 1 aromatic heterocycles. The van der Waals surface area contributed by atoms with E-state index in [0.29, 0.717) is 11.6 Å². The molecule has 0 aromatic carbocycles. The lowest BCUT2D eigenvalue weighted by atomic mass is 10.2. The van der Waals surface area contributed by atoms with Crippen molar-refractivity contribution in [1.82, 2.24) is 9.88 Å². The zero-order valence-corrected chi connectivity index (χ0v) is 9.80. The Hall–Kier alpha value is -0.230. The van der Waals surface area contributed by atoms with Gasteiger partial charge >= 0.3 is 0 Å². The lowest BCUT2D eigenvalue weighted by Crippen LogP contribution is -2.21. The molecule has 0 saturated carbocycles. The van der Waals surface area contributed by atoms with Crippen LogP contribution in [0.15, 0.2) is 22.2 Å². The first-order valence-corrected chi connectivity index (χ1v) is 5.19. The van der Waals surface area contributed by atoms with Crippen molar-refractivity contribution in [3.8, 4) is 0 Å². The predicted molar refractivity (Wildman–Crippen MR) is 62.2 cm³/mol. The number of hydrogen-bond donors (Lipinski definition) is 3. The highest BCUT2D eigenvalue weighted by atomic mass is 32.1. The van der Waals surface area contributed by atoms with E-state index in [2.05, 4.69) is 30.2 Å². The fourth-order valence-corrected chi connectivity index (χ4v) is 1.66. The third kappa shape index (κ3) is 3.49. The summed E-state index contributed by atoms with van der Waals surface area (Å²) < 4.78 is 0. The molecule has 0 aliphatic heterocycles. The van der Waals surface area contributed by atoms with Gasteiger partial charge in [0.2, 0.25) is 0 Å². The van der Waals surface area contributed by atoms with Crippen molar-refractivity contribution in [2.75, 3.05) is 20.2 Å². The largest absolute Gasteiger partial charge is 0.395 e. The summed E-state index contributed by atoms with van der Waals surface area (Å²) in [4.78, 5) is 6.97. The molecule has 0 fully saturated rings. The third-order valence-corrected chi connectivity index (χ3v) is 2.53. The van der Waals surface area contributed by atoms with E-state index in [0.717, 1.165) is 17.0 Å². The topological polar surface area (TPSA) is 36.4 Å². The summed E-state index contributed by atoms with van der Waals surface area (Å²) in [5.41, 5.74) is 1.04. The molecule has 0 amide bonds. The van der Waals surface area contributed by atoms with Gasteiger partial charge in [0, 0.05) is 24.2 Å². The molecule has 3 nitrogen and oxygen atoms in total. The van der Waals surface area contributed by atoms with E-state index in [4.69, 9.17) is 5.11 Å². The normalized spacial score (nSPS) is 10.9. The lowest BCUT2D eigenvalue weighted by molar-refractivity contribution is 0.216. The zero-order chi connectivity index (χ0) is 10.6. The highest BCUT2D eigenvalue weighted by Crippen LogP contribution is 2.16. The van der Waals surface area contributed by atoms with Crippen molar-refractivity contribution >= 4 is 25.3 Å². The molecule has 0 spiro atoms.